The van der Waals surface area contributed by atoms with Crippen LogP contribution in [0.2, 0.25) is 0 Å². The highest BCUT2D eigenvalue weighted by atomic mass is 19.1. The lowest BCUT2D eigenvalue weighted by Gasteiger charge is -2.34. The minimum atomic E-state index is -0.306. The van der Waals surface area contributed by atoms with Crippen molar-refractivity contribution in [1.82, 2.24) is 15.0 Å². The summed E-state index contributed by atoms with van der Waals surface area (Å²) in [7, 11) is 0. The van der Waals surface area contributed by atoms with Gasteiger partial charge in [0.2, 0.25) is 5.91 Å². The van der Waals surface area contributed by atoms with E-state index in [1.165, 1.54) is 12.1 Å². The number of carbonyl (C=O) groups is 1. The summed E-state index contributed by atoms with van der Waals surface area (Å²) in [4.78, 5) is 17.2. The Labute approximate surface area is 177 Å². The lowest BCUT2D eigenvalue weighted by Crippen LogP contribution is -2.44. The summed E-state index contributed by atoms with van der Waals surface area (Å²) in [6, 6.07) is 4.61. The average Bonchev–Trinajstić information content (AvgIpc) is 3.18. The molecule has 7 heteroatoms. The fourth-order valence-corrected chi connectivity index (χ4v) is 4.92. The van der Waals surface area contributed by atoms with Gasteiger partial charge in [-0.25, -0.2) is 4.39 Å². The third-order valence-corrected chi connectivity index (χ3v) is 6.86. The molecule has 1 saturated carbocycles. The first kappa shape index (κ1) is 21.2. The first-order chi connectivity index (χ1) is 14.5. The van der Waals surface area contributed by atoms with Crippen molar-refractivity contribution in [2.45, 2.75) is 57.5 Å². The number of likely N-dealkylation sites (N-methyl/N-ethyl adjacent to an activating group) is 1. The second-order valence-corrected chi connectivity index (χ2v) is 8.75. The van der Waals surface area contributed by atoms with Crippen molar-refractivity contribution >= 4 is 16.9 Å². The van der Waals surface area contributed by atoms with Crippen molar-refractivity contribution in [1.29, 1.82) is 0 Å². The van der Waals surface area contributed by atoms with E-state index in [0.717, 1.165) is 82.3 Å². The Hall–Kier alpha value is -1.99. The normalized spacial score (nSPS) is 23.7. The zero-order valence-corrected chi connectivity index (χ0v) is 17.7. The number of aliphatic hydroxyl groups excluding tert-OH is 1. The number of carbonyl (C=O) groups excluding carboxylic acids is 1. The second-order valence-electron chi connectivity index (χ2n) is 8.75. The zero-order chi connectivity index (χ0) is 21.1. The third kappa shape index (κ3) is 4.67. The molecule has 30 heavy (non-hydrogen) atoms. The molecule has 0 radical (unpaired) electrons. The SMILES string of the molecule is CCN(CCN1CCC(c2noc3cc(F)ccc23)CC1)C(=O)C1CCC(O)CC1. The predicted molar refractivity (Wildman–Crippen MR) is 113 cm³/mol. The molecule has 1 saturated heterocycles. The van der Waals surface area contributed by atoms with Gasteiger partial charge in [-0.3, -0.25) is 4.79 Å². The number of rotatable bonds is 6. The zero-order valence-electron chi connectivity index (χ0n) is 17.7. The Morgan fingerprint density at radius 1 is 1.23 bits per heavy atom. The van der Waals surface area contributed by atoms with Gasteiger partial charge in [-0.2, -0.15) is 0 Å². The van der Waals surface area contributed by atoms with E-state index in [1.807, 2.05) is 11.8 Å². The van der Waals surface area contributed by atoms with E-state index in [9.17, 15) is 14.3 Å². The molecule has 1 aliphatic carbocycles. The van der Waals surface area contributed by atoms with Gasteiger partial charge in [0.15, 0.2) is 5.58 Å². The molecule has 2 aromatic rings. The van der Waals surface area contributed by atoms with E-state index < -0.39 is 0 Å². The van der Waals surface area contributed by atoms with Crippen LogP contribution in [0.5, 0.6) is 0 Å². The number of benzene rings is 1. The molecule has 1 amide bonds. The van der Waals surface area contributed by atoms with Crippen molar-refractivity contribution < 1.29 is 18.8 Å². The van der Waals surface area contributed by atoms with Gasteiger partial charge in [-0.05, 0) is 70.7 Å². The van der Waals surface area contributed by atoms with Gasteiger partial charge in [0.1, 0.15) is 5.82 Å². The van der Waals surface area contributed by atoms with E-state index >= 15 is 0 Å². The fourth-order valence-electron chi connectivity index (χ4n) is 4.92. The number of aromatic nitrogens is 1. The summed E-state index contributed by atoms with van der Waals surface area (Å²) in [5.74, 6) is 0.343. The lowest BCUT2D eigenvalue weighted by molar-refractivity contribution is -0.137. The van der Waals surface area contributed by atoms with Crippen LogP contribution in [0.25, 0.3) is 11.0 Å². The Bertz CT molecular complexity index is 854. The molecule has 0 unspecified atom stereocenters. The van der Waals surface area contributed by atoms with E-state index in [0.29, 0.717) is 11.5 Å². The Kier molecular flexibility index (Phi) is 6.68. The maximum absolute atomic E-state index is 13.4. The van der Waals surface area contributed by atoms with Crippen LogP contribution in [0.3, 0.4) is 0 Å². The molecule has 1 aliphatic heterocycles. The third-order valence-electron chi connectivity index (χ3n) is 6.86. The first-order valence-corrected chi connectivity index (χ1v) is 11.3. The number of likely N-dealkylation sites (tertiary alicyclic amines) is 1. The molecular formula is C23H32FN3O3. The van der Waals surface area contributed by atoms with E-state index in [2.05, 4.69) is 10.1 Å². The number of fused-ring (bicyclic) bond motifs is 1. The molecule has 164 valence electrons. The lowest BCUT2D eigenvalue weighted by atomic mass is 9.86. The van der Waals surface area contributed by atoms with Crippen molar-refractivity contribution in [3.8, 4) is 0 Å². The van der Waals surface area contributed by atoms with E-state index in [4.69, 9.17) is 4.52 Å². The van der Waals surface area contributed by atoms with Crippen molar-refractivity contribution in [2.24, 2.45) is 5.92 Å². The molecule has 2 fully saturated rings. The van der Waals surface area contributed by atoms with Crippen LogP contribution in [0, 0.1) is 11.7 Å². The minimum Gasteiger partial charge on any atom is -0.393 e. The summed E-state index contributed by atoms with van der Waals surface area (Å²) in [6.45, 7) is 6.33. The van der Waals surface area contributed by atoms with Gasteiger partial charge in [0, 0.05) is 42.9 Å². The minimum absolute atomic E-state index is 0.0735. The molecule has 1 aromatic carbocycles. The van der Waals surface area contributed by atoms with Crippen LogP contribution in [0.4, 0.5) is 4.39 Å². The van der Waals surface area contributed by atoms with Gasteiger partial charge >= 0.3 is 0 Å². The summed E-state index contributed by atoms with van der Waals surface area (Å²) < 4.78 is 18.7. The van der Waals surface area contributed by atoms with Gasteiger partial charge in [0.25, 0.3) is 0 Å². The number of halogens is 1. The molecule has 1 N–H and O–H groups in total. The number of piperidine rings is 1. The topological polar surface area (TPSA) is 69.8 Å². The van der Waals surface area contributed by atoms with Gasteiger partial charge < -0.3 is 19.4 Å². The largest absolute Gasteiger partial charge is 0.393 e. The van der Waals surface area contributed by atoms with Gasteiger partial charge in [0.05, 0.1) is 11.8 Å². The molecule has 2 heterocycles. The standard InChI is InChI=1S/C23H32FN3O3/c1-2-27(23(29)17-3-6-19(28)7-4-17)14-13-26-11-9-16(10-12-26)22-20-8-5-18(24)15-21(20)30-25-22/h5,8,15-17,19,28H,2-4,6-7,9-14H2,1H3. The summed E-state index contributed by atoms with van der Waals surface area (Å²) in [6.07, 6.45) is 4.83. The highest BCUT2D eigenvalue weighted by Crippen LogP contribution is 2.33. The van der Waals surface area contributed by atoms with Crippen LogP contribution < -0.4 is 0 Å². The second kappa shape index (κ2) is 9.43. The predicted octanol–water partition coefficient (Wildman–Crippen LogP) is 3.55. The fraction of sp³-hybridized carbons (Fsp3) is 0.652. The van der Waals surface area contributed by atoms with Gasteiger partial charge in [-0.15, -0.1) is 0 Å². The molecule has 1 aromatic heterocycles. The van der Waals surface area contributed by atoms with Crippen molar-refractivity contribution in [3.05, 3.63) is 29.7 Å². The summed E-state index contributed by atoms with van der Waals surface area (Å²) >= 11 is 0. The first-order valence-electron chi connectivity index (χ1n) is 11.3. The quantitative estimate of drug-likeness (QED) is 0.779. The van der Waals surface area contributed by atoms with Crippen molar-refractivity contribution in [2.75, 3.05) is 32.7 Å². The molecule has 6 nitrogen and oxygen atoms in total. The number of amides is 1. The van der Waals surface area contributed by atoms with Crippen LogP contribution in [0.15, 0.2) is 22.7 Å². The highest BCUT2D eigenvalue weighted by molar-refractivity contribution is 5.80. The van der Waals surface area contributed by atoms with E-state index in [-0.39, 0.29) is 23.7 Å². The Morgan fingerprint density at radius 2 is 1.97 bits per heavy atom. The molecule has 0 atom stereocenters. The molecule has 4 rings (SSSR count). The molecular weight excluding hydrogens is 385 g/mol. The maximum atomic E-state index is 13.4. The highest BCUT2D eigenvalue weighted by Gasteiger charge is 2.29. The number of hydrogen-bond acceptors (Lipinski definition) is 5. The van der Waals surface area contributed by atoms with Crippen LogP contribution in [-0.4, -0.2) is 64.8 Å². The average molecular weight is 418 g/mol. The van der Waals surface area contributed by atoms with Crippen molar-refractivity contribution in [3.63, 3.8) is 0 Å². The van der Waals surface area contributed by atoms with Crippen LogP contribution >= 0.6 is 0 Å². The summed E-state index contributed by atoms with van der Waals surface area (Å²) in [5.41, 5.74) is 1.45. The smallest absolute Gasteiger partial charge is 0.225 e. The Balaban J connectivity index is 1.27. The monoisotopic (exact) mass is 417 g/mol. The van der Waals surface area contributed by atoms with Gasteiger partial charge in [-0.1, -0.05) is 5.16 Å². The van der Waals surface area contributed by atoms with E-state index in [1.54, 1.807) is 6.07 Å². The molecule has 0 bridgehead atoms. The maximum Gasteiger partial charge on any atom is 0.225 e. The Morgan fingerprint density at radius 3 is 2.67 bits per heavy atom. The number of aliphatic hydroxyl groups is 1. The molecule has 2 aliphatic rings. The van der Waals surface area contributed by atoms with Crippen LogP contribution in [-0.2, 0) is 4.79 Å². The number of hydrogen-bond donors (Lipinski definition) is 1. The number of nitrogens with zero attached hydrogens (tertiary/aromatic N) is 3. The summed E-state index contributed by atoms with van der Waals surface area (Å²) in [5, 5.41) is 14.8. The van der Waals surface area contributed by atoms with Crippen LogP contribution in [0.1, 0.15) is 57.1 Å². The molecule has 0 spiro atoms.